The number of anilines is 1. The van der Waals surface area contributed by atoms with E-state index in [-0.39, 0.29) is 15.9 Å². The second-order valence-electron chi connectivity index (χ2n) is 4.38. The van der Waals surface area contributed by atoms with Crippen molar-refractivity contribution in [1.29, 1.82) is 0 Å². The Hall–Kier alpha value is -1.30. The Bertz CT molecular complexity index is 424. The molecule has 0 saturated heterocycles. The molecule has 0 saturated carbocycles. The van der Waals surface area contributed by atoms with Gasteiger partial charge in [-0.15, -0.1) is 0 Å². The summed E-state index contributed by atoms with van der Waals surface area (Å²) < 4.78 is 0. The zero-order valence-electron chi connectivity index (χ0n) is 11.1. The topological polar surface area (TPSA) is 68.1 Å². The van der Waals surface area contributed by atoms with E-state index in [4.69, 9.17) is 0 Å². The number of nitro groups is 1. The molecular weight excluding hydrogens is 250 g/mol. The van der Waals surface area contributed by atoms with Crippen molar-refractivity contribution in [2.24, 2.45) is 5.92 Å². The van der Waals surface area contributed by atoms with Crippen LogP contribution in [0.15, 0.2) is 17.2 Å². The van der Waals surface area contributed by atoms with Gasteiger partial charge >= 0.3 is 5.69 Å². The van der Waals surface area contributed by atoms with Crippen molar-refractivity contribution < 1.29 is 4.92 Å². The van der Waals surface area contributed by atoms with Crippen molar-refractivity contribution in [2.75, 3.05) is 11.9 Å². The fourth-order valence-corrected chi connectivity index (χ4v) is 2.29. The van der Waals surface area contributed by atoms with E-state index in [0.717, 1.165) is 6.54 Å². The van der Waals surface area contributed by atoms with Crippen LogP contribution in [0.5, 0.6) is 0 Å². The molecular formula is C12H19N3O2S. The first-order valence-electron chi connectivity index (χ1n) is 6.01. The first kappa shape index (κ1) is 14.8. The summed E-state index contributed by atoms with van der Waals surface area (Å²) in [5.41, 5.74) is 0.0779. The smallest absolute Gasteiger partial charge is 0.301 e. The van der Waals surface area contributed by atoms with Gasteiger partial charge in [-0.05, 0) is 18.9 Å². The lowest BCUT2D eigenvalue weighted by Crippen LogP contribution is -2.08. The van der Waals surface area contributed by atoms with Crippen LogP contribution < -0.4 is 5.32 Å². The number of thioether (sulfide) groups is 1. The van der Waals surface area contributed by atoms with Crippen LogP contribution in [0.4, 0.5) is 11.5 Å². The summed E-state index contributed by atoms with van der Waals surface area (Å²) in [6.07, 6.45) is 0. The van der Waals surface area contributed by atoms with Gasteiger partial charge < -0.3 is 5.32 Å². The van der Waals surface area contributed by atoms with Crippen molar-refractivity contribution in [3.8, 4) is 0 Å². The molecule has 1 unspecified atom stereocenters. The Kier molecular flexibility index (Phi) is 5.40. The van der Waals surface area contributed by atoms with E-state index in [1.165, 1.54) is 17.8 Å². The lowest BCUT2D eigenvalue weighted by atomic mass is 10.2. The monoisotopic (exact) mass is 269 g/mol. The molecule has 18 heavy (non-hydrogen) atoms. The van der Waals surface area contributed by atoms with Gasteiger partial charge in [-0.3, -0.25) is 10.1 Å². The van der Waals surface area contributed by atoms with Crippen LogP contribution in [0.1, 0.15) is 27.7 Å². The average molecular weight is 269 g/mol. The second-order valence-corrected chi connectivity index (χ2v) is 5.74. The van der Waals surface area contributed by atoms with Crippen LogP contribution in [0, 0.1) is 16.0 Å². The van der Waals surface area contributed by atoms with E-state index in [0.29, 0.717) is 16.8 Å². The van der Waals surface area contributed by atoms with Gasteiger partial charge in [0.25, 0.3) is 0 Å². The highest BCUT2D eigenvalue weighted by atomic mass is 32.2. The molecule has 0 radical (unpaired) electrons. The van der Waals surface area contributed by atoms with E-state index in [1.54, 1.807) is 6.07 Å². The van der Waals surface area contributed by atoms with Crippen molar-refractivity contribution >= 4 is 23.3 Å². The normalized spacial score (nSPS) is 12.5. The summed E-state index contributed by atoms with van der Waals surface area (Å²) in [7, 11) is 0. The highest BCUT2D eigenvalue weighted by Gasteiger charge is 2.20. The lowest BCUT2D eigenvalue weighted by Gasteiger charge is -2.14. The quantitative estimate of drug-likeness (QED) is 0.486. The van der Waals surface area contributed by atoms with E-state index >= 15 is 0 Å². The molecule has 100 valence electrons. The summed E-state index contributed by atoms with van der Waals surface area (Å²) >= 11 is 1.45. The summed E-state index contributed by atoms with van der Waals surface area (Å²) in [5, 5.41) is 14.8. The highest BCUT2D eigenvalue weighted by Crippen LogP contribution is 2.33. The van der Waals surface area contributed by atoms with Crippen molar-refractivity contribution in [3.05, 3.63) is 22.2 Å². The minimum atomic E-state index is -0.377. The Balaban J connectivity index is 3.03. The molecule has 1 aromatic rings. The molecule has 1 atom stereocenters. The summed E-state index contributed by atoms with van der Waals surface area (Å²) in [5.74, 6) is 1.13. The molecule has 0 bridgehead atoms. The number of hydrogen-bond donors (Lipinski definition) is 1. The third-order valence-electron chi connectivity index (χ3n) is 2.63. The lowest BCUT2D eigenvalue weighted by molar-refractivity contribution is -0.388. The van der Waals surface area contributed by atoms with Crippen LogP contribution in [0.3, 0.4) is 0 Å². The molecule has 0 aliphatic heterocycles. The van der Waals surface area contributed by atoms with E-state index in [2.05, 4.69) is 31.1 Å². The molecule has 0 aliphatic carbocycles. The molecule has 0 aliphatic rings. The van der Waals surface area contributed by atoms with Crippen molar-refractivity contribution in [1.82, 2.24) is 4.98 Å². The Morgan fingerprint density at radius 1 is 1.44 bits per heavy atom. The number of hydrogen-bond acceptors (Lipinski definition) is 5. The Morgan fingerprint density at radius 2 is 2.11 bits per heavy atom. The van der Waals surface area contributed by atoms with E-state index in [1.807, 2.05) is 6.92 Å². The number of nitrogens with one attached hydrogen (secondary N) is 1. The van der Waals surface area contributed by atoms with Crippen LogP contribution in [-0.4, -0.2) is 21.7 Å². The largest absolute Gasteiger partial charge is 0.370 e. The fourth-order valence-electron chi connectivity index (χ4n) is 1.25. The number of pyridine rings is 1. The minimum absolute atomic E-state index is 0.0779. The molecule has 1 heterocycles. The van der Waals surface area contributed by atoms with Crippen LogP contribution in [0.2, 0.25) is 0 Å². The number of rotatable bonds is 6. The third kappa shape index (κ3) is 3.87. The minimum Gasteiger partial charge on any atom is -0.370 e. The maximum atomic E-state index is 11.0. The highest BCUT2D eigenvalue weighted by molar-refractivity contribution is 8.00. The SMILES string of the molecule is CCNc1ccc([N+](=O)[O-])c(SC(C)C(C)C)n1. The van der Waals surface area contributed by atoms with Gasteiger partial charge in [0.15, 0.2) is 5.03 Å². The van der Waals surface area contributed by atoms with Crippen molar-refractivity contribution in [3.63, 3.8) is 0 Å². The fraction of sp³-hybridized carbons (Fsp3) is 0.583. The third-order valence-corrected chi connectivity index (χ3v) is 4.07. The predicted molar refractivity (Wildman–Crippen MR) is 75.2 cm³/mol. The summed E-state index contributed by atoms with van der Waals surface area (Å²) in [6.45, 7) is 8.96. The first-order chi connectivity index (χ1) is 8.45. The predicted octanol–water partition coefficient (Wildman–Crippen LogP) is 3.56. The first-order valence-corrected chi connectivity index (χ1v) is 6.89. The summed E-state index contributed by atoms with van der Waals surface area (Å²) in [4.78, 5) is 14.9. The molecule has 0 amide bonds. The zero-order chi connectivity index (χ0) is 13.7. The molecule has 5 nitrogen and oxygen atoms in total. The molecule has 0 aromatic carbocycles. The standard InChI is InChI=1S/C12H19N3O2S/c1-5-13-11-7-6-10(15(16)17)12(14-11)18-9(4)8(2)3/h6-9H,5H2,1-4H3,(H,13,14). The zero-order valence-corrected chi connectivity index (χ0v) is 12.0. The second kappa shape index (κ2) is 6.58. The van der Waals surface area contributed by atoms with Crippen molar-refractivity contribution in [2.45, 2.75) is 38.0 Å². The van der Waals surface area contributed by atoms with Crippen LogP contribution >= 0.6 is 11.8 Å². The van der Waals surface area contributed by atoms with Gasteiger partial charge in [-0.25, -0.2) is 4.98 Å². The molecule has 1 rings (SSSR count). The van der Waals surface area contributed by atoms with Crippen LogP contribution in [-0.2, 0) is 0 Å². The Labute approximate surface area is 112 Å². The number of nitrogens with zero attached hydrogens (tertiary/aromatic N) is 2. The van der Waals surface area contributed by atoms with Gasteiger partial charge in [0.2, 0.25) is 0 Å². The van der Waals surface area contributed by atoms with Gasteiger partial charge in [0, 0.05) is 17.9 Å². The maximum absolute atomic E-state index is 11.0. The van der Waals surface area contributed by atoms with E-state index in [9.17, 15) is 10.1 Å². The van der Waals surface area contributed by atoms with Gasteiger partial charge in [0.1, 0.15) is 5.82 Å². The maximum Gasteiger partial charge on any atom is 0.301 e. The van der Waals surface area contributed by atoms with Gasteiger partial charge in [-0.1, -0.05) is 32.5 Å². The molecule has 0 fully saturated rings. The molecule has 1 aromatic heterocycles. The summed E-state index contributed by atoms with van der Waals surface area (Å²) in [6, 6.07) is 3.16. The molecule has 1 N–H and O–H groups in total. The van der Waals surface area contributed by atoms with Crippen LogP contribution in [0.25, 0.3) is 0 Å². The van der Waals surface area contributed by atoms with Gasteiger partial charge in [0.05, 0.1) is 4.92 Å². The van der Waals surface area contributed by atoms with E-state index < -0.39 is 0 Å². The molecule has 0 spiro atoms. The van der Waals surface area contributed by atoms with Gasteiger partial charge in [-0.2, -0.15) is 0 Å². The average Bonchev–Trinajstić information content (AvgIpc) is 2.29. The molecule has 6 heteroatoms. The Morgan fingerprint density at radius 3 is 2.61 bits per heavy atom. The number of aromatic nitrogens is 1.